The predicted octanol–water partition coefficient (Wildman–Crippen LogP) is 3.35. The second kappa shape index (κ2) is 10.5. The van der Waals surface area contributed by atoms with E-state index in [1.165, 1.54) is 0 Å². The number of methoxy groups -OCH3 is 1. The lowest BCUT2D eigenvalue weighted by Gasteiger charge is -2.26. The highest BCUT2D eigenvalue weighted by molar-refractivity contribution is 6.31. The lowest BCUT2D eigenvalue weighted by atomic mass is 10.1. The van der Waals surface area contributed by atoms with Crippen LogP contribution in [0.1, 0.15) is 11.1 Å². The molecule has 0 saturated carbocycles. The van der Waals surface area contributed by atoms with Gasteiger partial charge in [-0.15, -0.1) is 0 Å². The summed E-state index contributed by atoms with van der Waals surface area (Å²) in [4.78, 5) is 2.41. The first kappa shape index (κ1) is 20.0. The Hall–Kier alpha value is -1.79. The molecule has 0 bridgehead atoms. The van der Waals surface area contributed by atoms with Crippen LogP contribution in [0, 0.1) is 0 Å². The summed E-state index contributed by atoms with van der Waals surface area (Å²) < 4.78 is 17.0. The summed E-state index contributed by atoms with van der Waals surface area (Å²) in [6.07, 6.45) is 0. The quantitative estimate of drug-likeness (QED) is 0.665. The summed E-state index contributed by atoms with van der Waals surface area (Å²) in [6.45, 7) is 6.73. The van der Waals surface area contributed by atoms with Crippen LogP contribution >= 0.6 is 11.6 Å². The number of hydrogen-bond acceptors (Lipinski definition) is 5. The molecule has 0 amide bonds. The zero-order valence-corrected chi connectivity index (χ0v) is 16.5. The Labute approximate surface area is 166 Å². The fourth-order valence-corrected chi connectivity index (χ4v) is 3.27. The monoisotopic (exact) mass is 390 g/mol. The van der Waals surface area contributed by atoms with Crippen molar-refractivity contribution in [3.05, 3.63) is 58.6 Å². The third-order valence-electron chi connectivity index (χ3n) is 4.63. The molecule has 0 aromatic heterocycles. The number of benzene rings is 2. The minimum Gasteiger partial charge on any atom is -0.493 e. The minimum atomic E-state index is 0.404. The lowest BCUT2D eigenvalue weighted by Crippen LogP contribution is -2.40. The van der Waals surface area contributed by atoms with Crippen molar-refractivity contribution in [3.8, 4) is 11.5 Å². The highest BCUT2D eigenvalue weighted by Gasteiger charge is 2.13. The molecular weight excluding hydrogens is 364 g/mol. The fourth-order valence-electron chi connectivity index (χ4n) is 3.08. The minimum absolute atomic E-state index is 0.404. The number of para-hydroxylation sites is 1. The molecule has 3 rings (SSSR count). The van der Waals surface area contributed by atoms with E-state index in [4.69, 9.17) is 25.8 Å². The van der Waals surface area contributed by atoms with Crippen LogP contribution in [0.4, 0.5) is 0 Å². The topological polar surface area (TPSA) is 43.0 Å². The lowest BCUT2D eigenvalue weighted by molar-refractivity contribution is 0.0384. The Balaban J connectivity index is 1.58. The third kappa shape index (κ3) is 5.84. The Morgan fingerprint density at radius 2 is 1.85 bits per heavy atom. The van der Waals surface area contributed by atoms with Gasteiger partial charge in [-0.1, -0.05) is 41.9 Å². The first-order valence-electron chi connectivity index (χ1n) is 9.31. The van der Waals surface area contributed by atoms with Gasteiger partial charge in [0.25, 0.3) is 0 Å². The van der Waals surface area contributed by atoms with Crippen LogP contribution in [0.5, 0.6) is 11.5 Å². The first-order chi connectivity index (χ1) is 13.3. The molecular formula is C21H27ClN2O3. The molecule has 27 heavy (non-hydrogen) atoms. The number of rotatable bonds is 9. The number of morpholine rings is 1. The zero-order valence-electron chi connectivity index (χ0n) is 15.7. The Morgan fingerprint density at radius 3 is 2.63 bits per heavy atom. The molecule has 0 spiro atoms. The summed E-state index contributed by atoms with van der Waals surface area (Å²) in [5.74, 6) is 1.49. The summed E-state index contributed by atoms with van der Waals surface area (Å²) in [5, 5.41) is 4.21. The molecule has 5 nitrogen and oxygen atoms in total. The van der Waals surface area contributed by atoms with Crippen LogP contribution in [-0.4, -0.2) is 51.4 Å². The van der Waals surface area contributed by atoms with Gasteiger partial charge in [-0.2, -0.15) is 0 Å². The largest absolute Gasteiger partial charge is 0.493 e. The number of ether oxygens (including phenoxy) is 3. The van der Waals surface area contributed by atoms with Gasteiger partial charge in [-0.3, -0.25) is 4.90 Å². The number of nitrogens with one attached hydrogen (secondary N) is 1. The van der Waals surface area contributed by atoms with Crippen molar-refractivity contribution in [3.63, 3.8) is 0 Å². The normalized spacial score (nSPS) is 14.9. The maximum absolute atomic E-state index is 6.24. The molecule has 0 atom stereocenters. The Bertz CT molecular complexity index is 720. The molecule has 1 fully saturated rings. The van der Waals surface area contributed by atoms with Crippen molar-refractivity contribution < 1.29 is 14.2 Å². The average molecular weight is 391 g/mol. The van der Waals surface area contributed by atoms with Gasteiger partial charge in [0.2, 0.25) is 0 Å². The van der Waals surface area contributed by atoms with Gasteiger partial charge in [0.1, 0.15) is 6.61 Å². The number of hydrogen-bond donors (Lipinski definition) is 1. The van der Waals surface area contributed by atoms with Crippen LogP contribution < -0.4 is 14.8 Å². The molecule has 2 aromatic rings. The number of nitrogens with zero attached hydrogens (tertiary/aromatic N) is 1. The van der Waals surface area contributed by atoms with Crippen molar-refractivity contribution in [1.29, 1.82) is 0 Å². The summed E-state index contributed by atoms with van der Waals surface area (Å²) in [5.41, 5.74) is 2.03. The highest BCUT2D eigenvalue weighted by atomic mass is 35.5. The molecule has 0 aliphatic carbocycles. The van der Waals surface area contributed by atoms with Crippen LogP contribution in [-0.2, 0) is 17.9 Å². The molecule has 1 N–H and O–H groups in total. The van der Waals surface area contributed by atoms with E-state index in [9.17, 15) is 0 Å². The van der Waals surface area contributed by atoms with E-state index in [2.05, 4.69) is 16.3 Å². The van der Waals surface area contributed by atoms with E-state index in [1.54, 1.807) is 7.11 Å². The molecule has 146 valence electrons. The van der Waals surface area contributed by atoms with E-state index >= 15 is 0 Å². The maximum Gasteiger partial charge on any atom is 0.166 e. The smallest absolute Gasteiger partial charge is 0.166 e. The van der Waals surface area contributed by atoms with Crippen molar-refractivity contribution >= 4 is 11.6 Å². The van der Waals surface area contributed by atoms with Crippen LogP contribution in [0.3, 0.4) is 0 Å². The van der Waals surface area contributed by atoms with Crippen molar-refractivity contribution in [2.45, 2.75) is 13.2 Å². The van der Waals surface area contributed by atoms with Crippen molar-refractivity contribution in [2.75, 3.05) is 46.5 Å². The molecule has 1 aliphatic heterocycles. The van der Waals surface area contributed by atoms with Gasteiger partial charge in [-0.05, 0) is 12.1 Å². The van der Waals surface area contributed by atoms with Gasteiger partial charge >= 0.3 is 0 Å². The molecule has 1 heterocycles. The van der Waals surface area contributed by atoms with E-state index in [0.717, 1.165) is 68.6 Å². The van der Waals surface area contributed by atoms with Gasteiger partial charge in [0, 0.05) is 48.9 Å². The maximum atomic E-state index is 6.24. The second-order valence-corrected chi connectivity index (χ2v) is 6.87. The first-order valence-corrected chi connectivity index (χ1v) is 9.68. The van der Waals surface area contributed by atoms with Crippen LogP contribution in [0.15, 0.2) is 42.5 Å². The average Bonchev–Trinajstić information content (AvgIpc) is 2.71. The zero-order chi connectivity index (χ0) is 18.9. The van der Waals surface area contributed by atoms with E-state index in [0.29, 0.717) is 11.6 Å². The van der Waals surface area contributed by atoms with E-state index in [-0.39, 0.29) is 0 Å². The molecule has 2 aromatic carbocycles. The SMILES string of the molecule is COc1cccc(CNCCN2CCOCC2)c1OCc1ccccc1Cl. The van der Waals surface area contributed by atoms with E-state index in [1.807, 2.05) is 36.4 Å². The standard InChI is InChI=1S/C21H27ClN2O3/c1-25-20-8-4-6-17(15-23-9-10-24-11-13-26-14-12-24)21(20)27-16-18-5-2-3-7-19(18)22/h2-8,23H,9-16H2,1H3. The van der Waals surface area contributed by atoms with Crippen LogP contribution in [0.2, 0.25) is 5.02 Å². The van der Waals surface area contributed by atoms with Gasteiger partial charge in [0.15, 0.2) is 11.5 Å². The molecule has 1 aliphatic rings. The highest BCUT2D eigenvalue weighted by Crippen LogP contribution is 2.32. The van der Waals surface area contributed by atoms with Gasteiger partial charge in [-0.25, -0.2) is 0 Å². The predicted molar refractivity (Wildman–Crippen MR) is 108 cm³/mol. The molecule has 0 unspecified atom stereocenters. The Morgan fingerprint density at radius 1 is 1.07 bits per heavy atom. The summed E-state index contributed by atoms with van der Waals surface area (Å²) >= 11 is 6.24. The fraction of sp³-hybridized carbons (Fsp3) is 0.429. The molecule has 1 saturated heterocycles. The molecule has 0 radical (unpaired) electrons. The van der Waals surface area contributed by atoms with Crippen molar-refractivity contribution in [1.82, 2.24) is 10.2 Å². The van der Waals surface area contributed by atoms with Crippen LogP contribution in [0.25, 0.3) is 0 Å². The Kier molecular flexibility index (Phi) is 7.78. The van der Waals surface area contributed by atoms with Gasteiger partial charge < -0.3 is 19.5 Å². The summed E-state index contributed by atoms with van der Waals surface area (Å²) in [7, 11) is 1.66. The second-order valence-electron chi connectivity index (χ2n) is 6.46. The number of halogens is 1. The summed E-state index contributed by atoms with van der Waals surface area (Å²) in [6, 6.07) is 13.7. The third-order valence-corrected chi connectivity index (χ3v) is 5.00. The van der Waals surface area contributed by atoms with E-state index < -0.39 is 0 Å². The van der Waals surface area contributed by atoms with Gasteiger partial charge in [0.05, 0.1) is 20.3 Å². The van der Waals surface area contributed by atoms with Crippen molar-refractivity contribution in [2.24, 2.45) is 0 Å². The molecule has 6 heteroatoms.